The van der Waals surface area contributed by atoms with E-state index in [-0.39, 0.29) is 5.56 Å². The highest BCUT2D eigenvalue weighted by Crippen LogP contribution is 2.28. The normalized spacial score (nSPS) is 11.8. The molecule has 0 spiro atoms. The predicted molar refractivity (Wildman–Crippen MR) is 59.5 cm³/mol. The molecule has 0 bridgehead atoms. The molecule has 1 aromatic carbocycles. The summed E-state index contributed by atoms with van der Waals surface area (Å²) in [6.45, 7) is 1.89. The fourth-order valence-electron chi connectivity index (χ4n) is 1.55. The average molecular weight is 229 g/mol. The van der Waals surface area contributed by atoms with Crippen LogP contribution in [0.3, 0.4) is 0 Å². The summed E-state index contributed by atoms with van der Waals surface area (Å²) >= 11 is 0. The number of hydrogen-bond acceptors (Lipinski definition) is 2. The van der Waals surface area contributed by atoms with Gasteiger partial charge in [0, 0.05) is 26.1 Å². The highest BCUT2D eigenvalue weighted by molar-refractivity contribution is 5.33. The van der Waals surface area contributed by atoms with Gasteiger partial charge in [-0.2, -0.15) is 0 Å². The Morgan fingerprint density at radius 3 is 2.50 bits per heavy atom. The summed E-state index contributed by atoms with van der Waals surface area (Å²) in [5.74, 6) is -2.80. The summed E-state index contributed by atoms with van der Waals surface area (Å²) in [5.41, 5.74) is 1.81. The van der Waals surface area contributed by atoms with E-state index >= 15 is 0 Å². The Bertz CT molecular complexity index is 347. The van der Waals surface area contributed by atoms with Crippen molar-refractivity contribution in [3.63, 3.8) is 0 Å². The predicted octanol–water partition coefficient (Wildman–Crippen LogP) is 2.66. The van der Waals surface area contributed by atoms with Gasteiger partial charge in [-0.3, -0.25) is 0 Å². The van der Waals surface area contributed by atoms with E-state index in [9.17, 15) is 8.78 Å². The van der Waals surface area contributed by atoms with E-state index in [0.29, 0.717) is 13.2 Å². The van der Waals surface area contributed by atoms with Crippen LogP contribution in [0.25, 0.3) is 0 Å². The first kappa shape index (κ1) is 13.1. The van der Waals surface area contributed by atoms with Crippen LogP contribution in [-0.4, -0.2) is 14.2 Å². The Balaban J connectivity index is 3.06. The molecule has 0 aliphatic carbocycles. The topological polar surface area (TPSA) is 21.3 Å². The van der Waals surface area contributed by atoms with E-state index < -0.39 is 5.92 Å². The summed E-state index contributed by atoms with van der Waals surface area (Å²) in [4.78, 5) is 0. The number of alkyl halides is 2. The molecule has 0 aromatic heterocycles. The molecule has 1 rings (SSSR count). The third-order valence-corrected chi connectivity index (χ3v) is 2.38. The summed E-state index contributed by atoms with van der Waals surface area (Å²) in [7, 11) is 3.37. The smallest absolute Gasteiger partial charge is 0.270 e. The maximum absolute atomic E-state index is 13.1. The van der Waals surface area contributed by atoms with Crippen LogP contribution in [0, 0.1) is 0 Å². The van der Waals surface area contributed by atoms with Crippen LogP contribution in [-0.2, 0) is 23.8 Å². The van der Waals surface area contributed by atoms with Gasteiger partial charge in [0.05, 0.1) is 6.61 Å². The van der Waals surface area contributed by atoms with Crippen molar-refractivity contribution in [2.75, 3.05) is 14.2 Å². The first-order chi connectivity index (χ1) is 7.49. The fourth-order valence-corrected chi connectivity index (χ4v) is 1.55. The fraction of sp³-hybridized carbons (Fsp3) is 0.500. The highest BCUT2D eigenvalue weighted by atomic mass is 19.3. The average Bonchev–Trinajstić information content (AvgIpc) is 2.19. The molecule has 0 saturated carbocycles. The second kappa shape index (κ2) is 5.37. The Labute approximate surface area is 94.6 Å². The van der Waals surface area contributed by atoms with Gasteiger partial charge in [-0.25, -0.2) is 8.78 Å². The number of nitrogens with one attached hydrogen (secondary N) is 1. The summed E-state index contributed by atoms with van der Waals surface area (Å²) in [5, 5.41) is 3.00. The molecule has 1 N–H and O–H groups in total. The van der Waals surface area contributed by atoms with Crippen molar-refractivity contribution in [1.29, 1.82) is 0 Å². The zero-order valence-electron chi connectivity index (χ0n) is 9.81. The molecule has 0 heterocycles. The summed E-state index contributed by atoms with van der Waals surface area (Å²) in [6, 6.07) is 4.69. The van der Waals surface area contributed by atoms with Gasteiger partial charge in [0.25, 0.3) is 5.92 Å². The number of ether oxygens (including phenoxy) is 1. The second-order valence-corrected chi connectivity index (χ2v) is 3.84. The van der Waals surface area contributed by atoms with Crippen LogP contribution in [0.5, 0.6) is 0 Å². The summed E-state index contributed by atoms with van der Waals surface area (Å²) in [6.07, 6.45) is 0. The van der Waals surface area contributed by atoms with Gasteiger partial charge in [0.15, 0.2) is 0 Å². The number of halogens is 2. The molecule has 2 nitrogen and oxygen atoms in total. The minimum absolute atomic E-state index is 0.0272. The van der Waals surface area contributed by atoms with E-state index in [1.54, 1.807) is 13.2 Å². The van der Waals surface area contributed by atoms with Crippen molar-refractivity contribution in [3.05, 3.63) is 34.9 Å². The van der Waals surface area contributed by atoms with Crippen molar-refractivity contribution < 1.29 is 13.5 Å². The quantitative estimate of drug-likeness (QED) is 0.838. The SMILES string of the molecule is CNCc1ccc(C(C)(F)F)cc1COC. The first-order valence-electron chi connectivity index (χ1n) is 5.12. The number of benzene rings is 1. The summed E-state index contributed by atoms with van der Waals surface area (Å²) < 4.78 is 31.3. The molecular weight excluding hydrogens is 212 g/mol. The van der Waals surface area contributed by atoms with Gasteiger partial charge < -0.3 is 10.1 Å². The molecule has 4 heteroatoms. The lowest BCUT2D eigenvalue weighted by Crippen LogP contribution is -2.12. The maximum atomic E-state index is 13.1. The van der Waals surface area contributed by atoms with Gasteiger partial charge in [-0.05, 0) is 24.2 Å². The third-order valence-electron chi connectivity index (χ3n) is 2.38. The van der Waals surface area contributed by atoms with Crippen molar-refractivity contribution in [1.82, 2.24) is 5.32 Å². The van der Waals surface area contributed by atoms with E-state index in [0.717, 1.165) is 18.1 Å². The van der Waals surface area contributed by atoms with E-state index in [1.165, 1.54) is 12.1 Å². The monoisotopic (exact) mass is 229 g/mol. The van der Waals surface area contributed by atoms with Crippen molar-refractivity contribution in [3.8, 4) is 0 Å². The van der Waals surface area contributed by atoms with Crippen molar-refractivity contribution in [2.45, 2.75) is 26.0 Å². The largest absolute Gasteiger partial charge is 0.380 e. The molecule has 16 heavy (non-hydrogen) atoms. The number of hydrogen-bond donors (Lipinski definition) is 1. The lowest BCUT2D eigenvalue weighted by Gasteiger charge is -2.15. The van der Waals surface area contributed by atoms with E-state index in [4.69, 9.17) is 4.74 Å². The van der Waals surface area contributed by atoms with Gasteiger partial charge in [0.2, 0.25) is 0 Å². The van der Waals surface area contributed by atoms with E-state index in [2.05, 4.69) is 5.32 Å². The molecule has 0 aliphatic rings. The third kappa shape index (κ3) is 3.25. The van der Waals surface area contributed by atoms with E-state index in [1.807, 2.05) is 7.05 Å². The molecule has 0 fully saturated rings. The van der Waals surface area contributed by atoms with Crippen molar-refractivity contribution >= 4 is 0 Å². The van der Waals surface area contributed by atoms with Crippen LogP contribution in [0.4, 0.5) is 8.78 Å². The molecule has 90 valence electrons. The molecule has 0 saturated heterocycles. The Morgan fingerprint density at radius 2 is 2.00 bits per heavy atom. The minimum Gasteiger partial charge on any atom is -0.380 e. The van der Waals surface area contributed by atoms with Gasteiger partial charge >= 0.3 is 0 Å². The number of rotatable bonds is 5. The van der Waals surface area contributed by atoms with Crippen LogP contribution < -0.4 is 5.32 Å². The van der Waals surface area contributed by atoms with Crippen LogP contribution in [0.15, 0.2) is 18.2 Å². The minimum atomic E-state index is -2.80. The van der Waals surface area contributed by atoms with Crippen LogP contribution in [0.1, 0.15) is 23.6 Å². The molecule has 0 aliphatic heterocycles. The second-order valence-electron chi connectivity index (χ2n) is 3.84. The molecule has 0 unspecified atom stereocenters. The lowest BCUT2D eigenvalue weighted by atomic mass is 10.0. The molecule has 1 aromatic rings. The molecule has 0 amide bonds. The van der Waals surface area contributed by atoms with Gasteiger partial charge in [-0.1, -0.05) is 12.1 Å². The van der Waals surface area contributed by atoms with Gasteiger partial charge in [0.1, 0.15) is 0 Å². The molecular formula is C12H17F2NO. The number of methoxy groups -OCH3 is 1. The van der Waals surface area contributed by atoms with Crippen molar-refractivity contribution in [2.24, 2.45) is 0 Å². The zero-order chi connectivity index (χ0) is 12.2. The first-order valence-corrected chi connectivity index (χ1v) is 5.12. The standard InChI is InChI=1S/C12H17F2NO/c1-12(13,14)11-5-4-9(7-15-2)10(6-11)8-16-3/h4-6,15H,7-8H2,1-3H3. The van der Waals surface area contributed by atoms with Crippen LogP contribution >= 0.6 is 0 Å². The Kier molecular flexibility index (Phi) is 4.38. The van der Waals surface area contributed by atoms with Crippen LogP contribution in [0.2, 0.25) is 0 Å². The molecule has 0 radical (unpaired) electrons. The van der Waals surface area contributed by atoms with Gasteiger partial charge in [-0.15, -0.1) is 0 Å². The zero-order valence-corrected chi connectivity index (χ0v) is 9.81. The lowest BCUT2D eigenvalue weighted by molar-refractivity contribution is 0.0172. The highest BCUT2D eigenvalue weighted by Gasteiger charge is 2.24. The molecule has 0 atom stereocenters. The Morgan fingerprint density at radius 1 is 1.31 bits per heavy atom. The maximum Gasteiger partial charge on any atom is 0.270 e. The Hall–Kier alpha value is -1.00.